The summed E-state index contributed by atoms with van der Waals surface area (Å²) in [6.45, 7) is 1.48. The third kappa shape index (κ3) is 3.45. The highest BCUT2D eigenvalue weighted by Gasteiger charge is 2.45. The number of anilines is 1. The smallest absolute Gasteiger partial charge is 0.471 e. The van der Waals surface area contributed by atoms with E-state index in [1.165, 1.54) is 6.07 Å². The van der Waals surface area contributed by atoms with Crippen molar-refractivity contribution in [3.63, 3.8) is 0 Å². The van der Waals surface area contributed by atoms with E-state index in [-0.39, 0.29) is 17.3 Å². The van der Waals surface area contributed by atoms with Gasteiger partial charge in [-0.15, -0.1) is 0 Å². The van der Waals surface area contributed by atoms with Gasteiger partial charge in [-0.25, -0.2) is 0 Å². The fourth-order valence-corrected chi connectivity index (χ4v) is 3.17. The molecule has 1 saturated heterocycles. The standard InChI is InChI=1S/C15H16ClF3N2O3/c16-11-1-2-12-10(3-5-24-12)13(11)21(14(22)15(17,18)19)8-9-7-20-4-6-23-9/h1-2,9,20H,3-8H2. The Bertz CT molecular complexity index is 633. The van der Waals surface area contributed by atoms with Crippen molar-refractivity contribution in [1.29, 1.82) is 0 Å². The van der Waals surface area contributed by atoms with Gasteiger partial charge in [0.25, 0.3) is 0 Å². The van der Waals surface area contributed by atoms with Gasteiger partial charge in [-0.1, -0.05) is 11.6 Å². The number of ether oxygens (including phenoxy) is 2. The Hall–Kier alpha value is -1.51. The first-order valence-electron chi connectivity index (χ1n) is 7.53. The number of hydrogen-bond donors (Lipinski definition) is 1. The largest absolute Gasteiger partial charge is 0.493 e. The predicted octanol–water partition coefficient (Wildman–Crippen LogP) is 2.16. The zero-order valence-electron chi connectivity index (χ0n) is 12.7. The number of fused-ring (bicyclic) bond motifs is 1. The first-order chi connectivity index (χ1) is 11.4. The average molecular weight is 365 g/mol. The third-order valence-electron chi connectivity index (χ3n) is 3.95. The molecule has 0 aliphatic carbocycles. The second-order valence-electron chi connectivity index (χ2n) is 5.58. The number of halogens is 4. The summed E-state index contributed by atoms with van der Waals surface area (Å²) in [6.07, 6.45) is -5.15. The van der Waals surface area contributed by atoms with Crippen LogP contribution in [0.25, 0.3) is 0 Å². The molecule has 24 heavy (non-hydrogen) atoms. The Morgan fingerprint density at radius 3 is 2.83 bits per heavy atom. The predicted molar refractivity (Wildman–Crippen MR) is 81.7 cm³/mol. The molecule has 2 aliphatic heterocycles. The van der Waals surface area contributed by atoms with E-state index in [1.807, 2.05) is 0 Å². The summed E-state index contributed by atoms with van der Waals surface area (Å²) in [5.41, 5.74) is 0.576. The quantitative estimate of drug-likeness (QED) is 0.893. The molecule has 5 nitrogen and oxygen atoms in total. The van der Waals surface area contributed by atoms with E-state index in [0.29, 0.717) is 48.9 Å². The fraction of sp³-hybridized carbons (Fsp3) is 0.533. The number of rotatable bonds is 3. The summed E-state index contributed by atoms with van der Waals surface area (Å²) in [7, 11) is 0. The van der Waals surface area contributed by atoms with Crippen molar-refractivity contribution in [3.05, 3.63) is 22.7 Å². The summed E-state index contributed by atoms with van der Waals surface area (Å²) in [6, 6.07) is 3.04. The van der Waals surface area contributed by atoms with E-state index in [1.54, 1.807) is 6.07 Å². The molecule has 0 bridgehead atoms. The molecule has 1 fully saturated rings. The molecule has 2 heterocycles. The van der Waals surface area contributed by atoms with Gasteiger partial charge in [-0.3, -0.25) is 4.79 Å². The minimum atomic E-state index is -5.01. The molecule has 3 rings (SSSR count). The Morgan fingerprint density at radius 2 is 2.17 bits per heavy atom. The molecule has 132 valence electrons. The minimum Gasteiger partial charge on any atom is -0.493 e. The van der Waals surface area contributed by atoms with Crippen molar-refractivity contribution in [3.8, 4) is 5.75 Å². The maximum absolute atomic E-state index is 13.1. The lowest BCUT2D eigenvalue weighted by atomic mass is 10.1. The number of nitrogens with one attached hydrogen (secondary N) is 1. The van der Waals surface area contributed by atoms with Crippen LogP contribution in [0.15, 0.2) is 12.1 Å². The molecule has 0 aromatic heterocycles. The lowest BCUT2D eigenvalue weighted by Crippen LogP contribution is -2.50. The van der Waals surface area contributed by atoms with Gasteiger partial charge in [0.15, 0.2) is 0 Å². The number of carbonyl (C=O) groups is 1. The van der Waals surface area contributed by atoms with Crippen LogP contribution in [-0.2, 0) is 16.0 Å². The van der Waals surface area contributed by atoms with Crippen LogP contribution in [0.1, 0.15) is 5.56 Å². The third-order valence-corrected chi connectivity index (χ3v) is 4.25. The van der Waals surface area contributed by atoms with Crippen molar-refractivity contribution >= 4 is 23.2 Å². The monoisotopic (exact) mass is 364 g/mol. The van der Waals surface area contributed by atoms with E-state index < -0.39 is 18.2 Å². The van der Waals surface area contributed by atoms with E-state index in [9.17, 15) is 18.0 Å². The molecule has 1 N–H and O–H groups in total. The number of carbonyl (C=O) groups excluding carboxylic acids is 1. The van der Waals surface area contributed by atoms with Gasteiger partial charge in [0.2, 0.25) is 0 Å². The molecule has 0 spiro atoms. The number of alkyl halides is 3. The highest BCUT2D eigenvalue weighted by atomic mass is 35.5. The van der Waals surface area contributed by atoms with Crippen LogP contribution in [0.3, 0.4) is 0 Å². The van der Waals surface area contributed by atoms with E-state index >= 15 is 0 Å². The number of benzene rings is 1. The van der Waals surface area contributed by atoms with Gasteiger partial charge < -0.3 is 19.7 Å². The Morgan fingerprint density at radius 1 is 1.38 bits per heavy atom. The maximum atomic E-state index is 13.1. The molecule has 1 amide bonds. The van der Waals surface area contributed by atoms with Crippen LogP contribution in [0.4, 0.5) is 18.9 Å². The minimum absolute atomic E-state index is 0.0585. The number of amides is 1. The summed E-state index contributed by atoms with van der Waals surface area (Å²) in [5.74, 6) is -1.50. The molecular formula is C15H16ClF3N2O3. The zero-order chi connectivity index (χ0) is 17.3. The first-order valence-corrected chi connectivity index (χ1v) is 7.91. The molecule has 0 radical (unpaired) electrons. The molecule has 1 aromatic carbocycles. The molecule has 1 aromatic rings. The van der Waals surface area contributed by atoms with Crippen LogP contribution in [-0.4, -0.2) is 51.0 Å². The average Bonchev–Trinajstić information content (AvgIpc) is 3.01. The molecule has 1 atom stereocenters. The Kier molecular flexibility index (Phi) is 4.89. The summed E-state index contributed by atoms with van der Waals surface area (Å²) in [5, 5.41) is 3.12. The molecule has 9 heteroatoms. The topological polar surface area (TPSA) is 50.8 Å². The number of morpholine rings is 1. The molecule has 2 aliphatic rings. The molecule has 1 unspecified atom stereocenters. The number of hydrogen-bond acceptors (Lipinski definition) is 4. The first kappa shape index (κ1) is 17.3. The lowest BCUT2D eigenvalue weighted by Gasteiger charge is -2.32. The highest BCUT2D eigenvalue weighted by molar-refractivity contribution is 6.34. The van der Waals surface area contributed by atoms with E-state index in [4.69, 9.17) is 21.1 Å². The Balaban J connectivity index is 1.98. The van der Waals surface area contributed by atoms with Crippen molar-refractivity contribution in [2.75, 3.05) is 37.7 Å². The van der Waals surface area contributed by atoms with Crippen molar-refractivity contribution in [1.82, 2.24) is 5.32 Å². The van der Waals surface area contributed by atoms with Crippen LogP contribution < -0.4 is 15.0 Å². The van der Waals surface area contributed by atoms with Gasteiger partial charge in [0.05, 0.1) is 36.6 Å². The van der Waals surface area contributed by atoms with Crippen LogP contribution >= 0.6 is 11.6 Å². The van der Waals surface area contributed by atoms with Crippen LogP contribution in [0.2, 0.25) is 5.02 Å². The van der Waals surface area contributed by atoms with Crippen LogP contribution in [0.5, 0.6) is 5.75 Å². The normalized spacial score (nSPS) is 20.4. The lowest BCUT2D eigenvalue weighted by molar-refractivity contribution is -0.170. The van der Waals surface area contributed by atoms with Crippen molar-refractivity contribution in [2.24, 2.45) is 0 Å². The van der Waals surface area contributed by atoms with Crippen LogP contribution in [0, 0.1) is 0 Å². The van der Waals surface area contributed by atoms with Gasteiger partial charge in [-0.2, -0.15) is 13.2 Å². The van der Waals surface area contributed by atoms with Crippen molar-refractivity contribution in [2.45, 2.75) is 18.7 Å². The summed E-state index contributed by atoms with van der Waals surface area (Å²) >= 11 is 6.14. The van der Waals surface area contributed by atoms with E-state index in [2.05, 4.69) is 5.32 Å². The zero-order valence-corrected chi connectivity index (χ0v) is 13.4. The molecular weight excluding hydrogens is 349 g/mol. The Labute approximate surface area is 141 Å². The fourth-order valence-electron chi connectivity index (χ4n) is 2.89. The van der Waals surface area contributed by atoms with E-state index in [0.717, 1.165) is 0 Å². The second-order valence-corrected chi connectivity index (χ2v) is 5.99. The number of nitrogens with zero attached hydrogens (tertiary/aromatic N) is 1. The van der Waals surface area contributed by atoms with Gasteiger partial charge in [0, 0.05) is 25.1 Å². The van der Waals surface area contributed by atoms with Gasteiger partial charge >= 0.3 is 12.1 Å². The van der Waals surface area contributed by atoms with Crippen molar-refractivity contribution < 1.29 is 27.4 Å². The maximum Gasteiger partial charge on any atom is 0.471 e. The van der Waals surface area contributed by atoms with Gasteiger partial charge in [0.1, 0.15) is 5.75 Å². The summed E-state index contributed by atoms with van der Waals surface area (Å²) < 4.78 is 50.1. The second kappa shape index (κ2) is 6.78. The summed E-state index contributed by atoms with van der Waals surface area (Å²) in [4.78, 5) is 12.7. The van der Waals surface area contributed by atoms with Gasteiger partial charge in [-0.05, 0) is 12.1 Å². The molecule has 0 saturated carbocycles. The SMILES string of the molecule is O=C(N(CC1CNCCO1)c1c(Cl)ccc2c1CCO2)C(F)(F)F. The highest BCUT2D eigenvalue weighted by Crippen LogP contribution is 2.41.